The maximum atomic E-state index is 0. The van der Waals surface area contributed by atoms with Crippen molar-refractivity contribution >= 4 is 0 Å². The van der Waals surface area contributed by atoms with E-state index in [2.05, 4.69) is 0 Å². The van der Waals surface area contributed by atoms with Gasteiger partial charge in [0.1, 0.15) is 0 Å². The van der Waals surface area contributed by atoms with E-state index in [1.807, 2.05) is 0 Å². The Morgan fingerprint density at radius 1 is 0.214 bits per heavy atom. The molecule has 14 heavy (non-hydrogen) atoms. The summed E-state index contributed by atoms with van der Waals surface area (Å²) in [6, 6.07) is 0. The molecule has 0 atom stereocenters. The average Bonchev–Trinajstić information content (AvgIpc) is 0. The van der Waals surface area contributed by atoms with E-state index >= 15 is 0 Å². The fourth-order valence-corrected chi connectivity index (χ4v) is 0. The van der Waals surface area contributed by atoms with Crippen molar-refractivity contribution in [2.75, 3.05) is 0 Å². The van der Waals surface area contributed by atoms with E-state index in [1.54, 1.807) is 0 Å². The molecule has 0 fully saturated rings. The fraction of sp³-hybridized carbons (Fsp3) is 0. The van der Waals surface area contributed by atoms with Gasteiger partial charge in [0.15, 0.2) is 0 Å². The summed E-state index contributed by atoms with van der Waals surface area (Å²) in [7, 11) is 0. The van der Waals surface area contributed by atoms with Crippen LogP contribution in [-0.2, 0) is 246 Å². The number of rotatable bonds is 0. The van der Waals surface area contributed by atoms with Crippen molar-refractivity contribution in [2.45, 2.75) is 0 Å². The molecular formula is C4H12W7Y3-4. The van der Waals surface area contributed by atoms with E-state index in [0.29, 0.717) is 0 Å². The van der Waals surface area contributed by atoms with Crippen molar-refractivity contribution in [1.82, 2.24) is 0 Å². The van der Waals surface area contributed by atoms with Crippen LogP contribution in [0.2, 0.25) is 0 Å². The molecule has 83 valence electrons. The van der Waals surface area contributed by atoms with Crippen LogP contribution in [0.5, 0.6) is 0 Å². The van der Waals surface area contributed by atoms with Crippen LogP contribution in [0.1, 0.15) is 0 Å². The molecule has 0 nitrogen and oxygen atoms in total. The molecule has 0 amide bonds. The van der Waals surface area contributed by atoms with Crippen LogP contribution >= 0.6 is 0 Å². The summed E-state index contributed by atoms with van der Waals surface area (Å²) in [4.78, 5) is 0. The largest absolute Gasteiger partial charge is 0.358 e. The van der Waals surface area contributed by atoms with E-state index in [4.69, 9.17) is 0 Å². The first kappa shape index (κ1) is 149. The summed E-state index contributed by atoms with van der Waals surface area (Å²) in [5.74, 6) is 0. The van der Waals surface area contributed by atoms with E-state index in [1.165, 1.54) is 0 Å². The van der Waals surface area contributed by atoms with Gasteiger partial charge in [-0.3, -0.25) is 0 Å². The zero-order chi connectivity index (χ0) is 0. The van der Waals surface area contributed by atoms with Crippen molar-refractivity contribution in [3.8, 4) is 0 Å². The zero-order valence-corrected chi connectivity index (χ0v) is 37.6. The monoisotopic (exact) mass is 1610 g/mol. The summed E-state index contributed by atoms with van der Waals surface area (Å²) >= 11 is 0. The molecule has 0 spiro atoms. The van der Waals surface area contributed by atoms with E-state index < -0.39 is 0 Å². The van der Waals surface area contributed by atoms with Gasteiger partial charge in [0.05, 0.1) is 0 Å². The van der Waals surface area contributed by atoms with Crippen LogP contribution in [0.25, 0.3) is 0 Å². The first-order valence-corrected chi connectivity index (χ1v) is 0. The Morgan fingerprint density at radius 2 is 0.214 bits per heavy atom. The molecule has 0 bridgehead atoms. The van der Waals surface area contributed by atoms with E-state index in [-0.39, 0.29) is 275 Å². The molecule has 0 aromatic carbocycles. The molecular weight excluding hydrogens is 1600 g/mol. The molecule has 0 aliphatic rings. The van der Waals surface area contributed by atoms with Crippen molar-refractivity contribution in [1.29, 1.82) is 0 Å². The van der Waals surface area contributed by atoms with E-state index in [0.717, 1.165) is 0 Å². The van der Waals surface area contributed by atoms with Gasteiger partial charge in [-0.25, -0.2) is 0 Å². The number of hydrogen-bond acceptors (Lipinski definition) is 0. The molecule has 0 heterocycles. The molecule has 0 N–H and O–H groups in total. The maximum absolute atomic E-state index is 0. The summed E-state index contributed by atoms with van der Waals surface area (Å²) in [6.45, 7) is 0. The third-order valence-corrected chi connectivity index (χ3v) is 0. The number of hydrogen-bond donors (Lipinski definition) is 0. The maximum Gasteiger partial charge on any atom is 0 e. The Balaban J connectivity index is 0. The van der Waals surface area contributed by atoms with Gasteiger partial charge in [-0.05, 0) is 0 Å². The fourth-order valence-electron chi connectivity index (χ4n) is 0. The minimum atomic E-state index is 0. The Kier molecular flexibility index (Phi) is 1380. The van der Waals surface area contributed by atoms with Crippen LogP contribution in [0.15, 0.2) is 0 Å². The SMILES string of the molecule is [CH3-].[CH3-].[CH3-].[CH3-].[W].[W].[W].[W].[W].[W].[W].[Y].[Y].[Y]. The first-order valence-electron chi connectivity index (χ1n) is 0. The third-order valence-electron chi connectivity index (χ3n) is 0. The molecule has 0 aromatic heterocycles. The van der Waals surface area contributed by atoms with Crippen LogP contribution in [0, 0.1) is 29.7 Å². The summed E-state index contributed by atoms with van der Waals surface area (Å²) in [5, 5.41) is 0. The molecule has 0 aromatic rings. The molecule has 0 aliphatic carbocycles. The second-order valence-corrected chi connectivity index (χ2v) is 0. The van der Waals surface area contributed by atoms with E-state index in [9.17, 15) is 0 Å². The molecule has 3 radical (unpaired) electrons. The van der Waals surface area contributed by atoms with Gasteiger partial charge < -0.3 is 29.7 Å². The molecule has 10 heteroatoms. The minimum absolute atomic E-state index is 0. The van der Waals surface area contributed by atoms with Gasteiger partial charge in [-0.1, -0.05) is 0 Å². The van der Waals surface area contributed by atoms with Gasteiger partial charge in [0.2, 0.25) is 0 Å². The van der Waals surface area contributed by atoms with Gasteiger partial charge in [0.25, 0.3) is 0 Å². The van der Waals surface area contributed by atoms with Crippen LogP contribution in [0.4, 0.5) is 0 Å². The Hall–Kier alpha value is 8.13. The Labute approximate surface area is 268 Å². The molecule has 0 aliphatic heterocycles. The smallest absolute Gasteiger partial charge is 0 e. The predicted octanol–water partition coefficient (Wildman–Crippen LogP) is 1.78. The van der Waals surface area contributed by atoms with Crippen molar-refractivity contribution in [3.05, 3.63) is 29.7 Å². The quantitative estimate of drug-likeness (QED) is 0.326. The van der Waals surface area contributed by atoms with Crippen LogP contribution < -0.4 is 0 Å². The van der Waals surface area contributed by atoms with Crippen molar-refractivity contribution in [2.24, 2.45) is 0 Å². The minimum Gasteiger partial charge on any atom is -0.358 e. The van der Waals surface area contributed by atoms with Crippen molar-refractivity contribution < 1.29 is 246 Å². The standard InChI is InChI=1S/4CH3.7W.3Y/h4*1H3;;;;;;;;;;/q4*-1;;;;;;;;;;. The van der Waals surface area contributed by atoms with Gasteiger partial charge in [-0.15, -0.1) is 0 Å². The zero-order valence-electron chi connectivity index (χ0n) is 8.59. The normalized spacial score (nSPS) is 0. The van der Waals surface area contributed by atoms with Crippen LogP contribution in [0.3, 0.4) is 0 Å². The molecule has 0 saturated heterocycles. The third kappa shape index (κ3) is 111. The summed E-state index contributed by atoms with van der Waals surface area (Å²) in [6.07, 6.45) is 0. The van der Waals surface area contributed by atoms with Gasteiger partial charge in [-0.2, -0.15) is 0 Å². The predicted molar refractivity (Wildman–Crippen MR) is 25.7 cm³/mol. The van der Waals surface area contributed by atoms with Crippen molar-refractivity contribution in [3.63, 3.8) is 0 Å². The second kappa shape index (κ2) is 130. The summed E-state index contributed by atoms with van der Waals surface area (Å²) < 4.78 is 0. The Morgan fingerprint density at radius 3 is 0.214 bits per heavy atom. The average molecular weight is 1610 g/mol. The Bertz CT molecular complexity index is 20.9. The molecule has 0 saturated carbocycles. The van der Waals surface area contributed by atoms with Gasteiger partial charge in [0, 0.05) is 246 Å². The summed E-state index contributed by atoms with van der Waals surface area (Å²) in [5.41, 5.74) is 0. The molecule has 0 rings (SSSR count). The first-order chi connectivity index (χ1) is 0. The van der Waals surface area contributed by atoms with Gasteiger partial charge >= 0.3 is 0 Å². The molecule has 0 unspecified atom stereocenters. The second-order valence-electron chi connectivity index (χ2n) is 0. The topological polar surface area (TPSA) is 0 Å². The van der Waals surface area contributed by atoms with Crippen LogP contribution in [-0.4, -0.2) is 0 Å².